The molecule has 0 unspecified atom stereocenters. The van der Waals surface area contributed by atoms with Crippen LogP contribution in [0.2, 0.25) is 0 Å². The maximum absolute atomic E-state index is 2.27. The molecule has 0 aromatic heterocycles. The molecule has 0 aliphatic rings. The van der Waals surface area contributed by atoms with Gasteiger partial charge in [0.05, 0.1) is 0 Å². The van der Waals surface area contributed by atoms with Crippen molar-refractivity contribution in [2.24, 2.45) is 0 Å². The van der Waals surface area contributed by atoms with Crippen LogP contribution >= 0.6 is 7.92 Å². The van der Waals surface area contributed by atoms with Crippen molar-refractivity contribution < 1.29 is 0 Å². The lowest BCUT2D eigenvalue weighted by atomic mass is 10.4. The van der Waals surface area contributed by atoms with Gasteiger partial charge in [0, 0.05) is 0 Å². The fraction of sp³-hybridized carbons (Fsp3) is 0.400. The number of hydrogen-bond acceptors (Lipinski definition) is 0. The zero-order chi connectivity index (χ0) is 8.69. The lowest BCUT2D eigenvalue weighted by Crippen LogP contribution is -1.68. The minimum atomic E-state index is 0.103. The Labute approximate surface area is 71.5 Å². The minimum absolute atomic E-state index is 0.103. The van der Waals surface area contributed by atoms with Crippen LogP contribution in [0, 0.1) is 0 Å². The summed E-state index contributed by atoms with van der Waals surface area (Å²) in [4.78, 5) is 0. The van der Waals surface area contributed by atoms with Crippen molar-refractivity contribution in [1.29, 1.82) is 0 Å². The largest absolute Gasteiger partial charge is 0.0877 e. The molecule has 0 aromatic carbocycles. The van der Waals surface area contributed by atoms with E-state index in [4.69, 9.17) is 0 Å². The van der Waals surface area contributed by atoms with Crippen molar-refractivity contribution in [2.75, 3.05) is 13.3 Å². The van der Waals surface area contributed by atoms with Gasteiger partial charge in [-0.3, -0.25) is 0 Å². The van der Waals surface area contributed by atoms with E-state index < -0.39 is 0 Å². The lowest BCUT2D eigenvalue weighted by molar-refractivity contribution is 1.64. The molecule has 62 valence electrons. The molecule has 0 aliphatic carbocycles. The van der Waals surface area contributed by atoms with E-state index in [0.29, 0.717) is 0 Å². The van der Waals surface area contributed by atoms with Gasteiger partial charge in [0.2, 0.25) is 0 Å². The summed E-state index contributed by atoms with van der Waals surface area (Å²) in [6.07, 6.45) is 10.4. The van der Waals surface area contributed by atoms with Crippen molar-refractivity contribution in [3.63, 3.8) is 0 Å². The number of hydrogen-bond donors (Lipinski definition) is 0. The van der Waals surface area contributed by atoms with E-state index in [-0.39, 0.29) is 7.92 Å². The third-order valence-corrected chi connectivity index (χ3v) is 3.02. The van der Waals surface area contributed by atoms with E-state index in [1.165, 1.54) is 5.31 Å². The van der Waals surface area contributed by atoms with Crippen LogP contribution in [0.5, 0.6) is 0 Å². The van der Waals surface area contributed by atoms with Gasteiger partial charge < -0.3 is 0 Å². The predicted molar refractivity (Wildman–Crippen MR) is 56.5 cm³/mol. The van der Waals surface area contributed by atoms with E-state index in [0.717, 1.165) is 0 Å². The monoisotopic (exact) mass is 168 g/mol. The third kappa shape index (κ3) is 6.06. The maximum atomic E-state index is 2.27. The summed E-state index contributed by atoms with van der Waals surface area (Å²) in [5.74, 6) is 0. The maximum Gasteiger partial charge on any atom is -0.0393 e. The van der Waals surface area contributed by atoms with E-state index >= 15 is 0 Å². The molecule has 0 aromatic rings. The summed E-state index contributed by atoms with van der Waals surface area (Å²) in [5.41, 5.74) is 0. The quantitative estimate of drug-likeness (QED) is 0.444. The Balaban J connectivity index is 3.91. The average molecular weight is 168 g/mol. The highest BCUT2D eigenvalue weighted by Crippen LogP contribution is 2.35. The van der Waals surface area contributed by atoms with Crippen molar-refractivity contribution in [1.82, 2.24) is 0 Å². The van der Waals surface area contributed by atoms with Crippen LogP contribution < -0.4 is 0 Å². The topological polar surface area (TPSA) is 0 Å². The lowest BCUT2D eigenvalue weighted by Gasteiger charge is -2.02. The molecule has 0 radical (unpaired) electrons. The molecule has 1 heteroatoms. The number of rotatable bonds is 3. The molecule has 0 spiro atoms. The molecule has 0 heterocycles. The molecule has 0 saturated carbocycles. The standard InChI is InChI=1S/C10H17P/c1-5-6-7-8-9-10(2)11(3)4/h5-9H,1-4H3/b6-5-,8-7-,10-9+. The third-order valence-electron chi connectivity index (χ3n) is 1.46. The molecule has 0 nitrogen and oxygen atoms in total. The van der Waals surface area contributed by atoms with Gasteiger partial charge in [-0.05, 0) is 32.5 Å². The Bertz CT molecular complexity index is 173. The van der Waals surface area contributed by atoms with Gasteiger partial charge in [-0.15, -0.1) is 0 Å². The van der Waals surface area contributed by atoms with Gasteiger partial charge in [-0.25, -0.2) is 0 Å². The van der Waals surface area contributed by atoms with Gasteiger partial charge >= 0.3 is 0 Å². The SMILES string of the molecule is C\C=C/C=C\C=C(/C)P(C)C. The zero-order valence-corrected chi connectivity index (χ0v) is 8.73. The minimum Gasteiger partial charge on any atom is -0.0877 e. The summed E-state index contributed by atoms with van der Waals surface area (Å²) in [6, 6.07) is 0. The van der Waals surface area contributed by atoms with Crippen molar-refractivity contribution in [3.05, 3.63) is 35.7 Å². The molecule has 0 atom stereocenters. The second-order valence-electron chi connectivity index (χ2n) is 2.61. The Morgan fingerprint density at radius 3 is 2.18 bits per heavy atom. The second kappa shape index (κ2) is 6.37. The smallest absolute Gasteiger partial charge is 0.0393 e. The summed E-state index contributed by atoms with van der Waals surface area (Å²) >= 11 is 0. The Morgan fingerprint density at radius 2 is 1.73 bits per heavy atom. The van der Waals surface area contributed by atoms with Gasteiger partial charge in [0.1, 0.15) is 0 Å². The highest BCUT2D eigenvalue weighted by molar-refractivity contribution is 7.60. The normalized spacial score (nSPS) is 14.1. The summed E-state index contributed by atoms with van der Waals surface area (Å²) in [6.45, 7) is 8.74. The van der Waals surface area contributed by atoms with Crippen molar-refractivity contribution >= 4 is 7.92 Å². The summed E-state index contributed by atoms with van der Waals surface area (Å²) in [7, 11) is 0.103. The highest BCUT2D eigenvalue weighted by Gasteiger charge is 1.90. The Morgan fingerprint density at radius 1 is 1.09 bits per heavy atom. The van der Waals surface area contributed by atoms with Gasteiger partial charge in [-0.2, -0.15) is 0 Å². The fourth-order valence-corrected chi connectivity index (χ4v) is 0.903. The molecule has 0 amide bonds. The highest BCUT2D eigenvalue weighted by atomic mass is 31.1. The van der Waals surface area contributed by atoms with Crippen LogP contribution in [0.15, 0.2) is 35.7 Å². The first-order chi connectivity index (χ1) is 5.18. The van der Waals surface area contributed by atoms with Crippen LogP contribution in [-0.4, -0.2) is 13.3 Å². The number of allylic oxidation sites excluding steroid dienone is 6. The molecule has 0 bridgehead atoms. The predicted octanol–water partition coefficient (Wildman–Crippen LogP) is 3.76. The molecular weight excluding hydrogens is 151 g/mol. The van der Waals surface area contributed by atoms with Crippen LogP contribution in [0.1, 0.15) is 13.8 Å². The molecule has 0 fully saturated rings. The van der Waals surface area contributed by atoms with Crippen LogP contribution in [0.4, 0.5) is 0 Å². The zero-order valence-electron chi connectivity index (χ0n) is 7.83. The van der Waals surface area contributed by atoms with Crippen LogP contribution in [0.3, 0.4) is 0 Å². The molecule has 0 saturated heterocycles. The molecule has 0 aliphatic heterocycles. The molecule has 11 heavy (non-hydrogen) atoms. The molecule has 0 N–H and O–H groups in total. The van der Waals surface area contributed by atoms with Crippen molar-refractivity contribution in [3.8, 4) is 0 Å². The van der Waals surface area contributed by atoms with Crippen molar-refractivity contribution in [2.45, 2.75) is 13.8 Å². The summed E-state index contributed by atoms with van der Waals surface area (Å²) < 4.78 is 0. The van der Waals surface area contributed by atoms with E-state index in [9.17, 15) is 0 Å². The van der Waals surface area contributed by atoms with Crippen LogP contribution in [0.25, 0.3) is 0 Å². The van der Waals surface area contributed by atoms with E-state index in [1.54, 1.807) is 0 Å². The fourth-order valence-electron chi connectivity index (χ4n) is 0.519. The van der Waals surface area contributed by atoms with Gasteiger partial charge in [0.15, 0.2) is 0 Å². The van der Waals surface area contributed by atoms with Gasteiger partial charge in [-0.1, -0.05) is 38.3 Å². The van der Waals surface area contributed by atoms with Crippen LogP contribution in [-0.2, 0) is 0 Å². The Hall–Kier alpha value is -0.350. The first-order valence-electron chi connectivity index (χ1n) is 3.82. The Kier molecular flexibility index (Phi) is 6.16. The average Bonchev–Trinajstić information content (AvgIpc) is 1.97. The molecular formula is C10H17P. The second-order valence-corrected chi connectivity index (χ2v) is 5.11. The summed E-state index contributed by atoms with van der Waals surface area (Å²) in [5, 5.41) is 1.49. The molecule has 0 rings (SSSR count). The van der Waals surface area contributed by atoms with E-state index in [1.807, 2.05) is 19.1 Å². The first kappa shape index (κ1) is 10.7. The van der Waals surface area contributed by atoms with E-state index in [2.05, 4.69) is 38.5 Å². The van der Waals surface area contributed by atoms with Gasteiger partial charge in [0.25, 0.3) is 0 Å². The first-order valence-corrected chi connectivity index (χ1v) is 6.05.